The van der Waals surface area contributed by atoms with Crippen LogP contribution in [-0.2, 0) is 6.61 Å². The van der Waals surface area contributed by atoms with Gasteiger partial charge in [0.15, 0.2) is 16.6 Å². The number of thiocarbonyl (C=S) groups is 1. The number of nitrogens with zero attached hydrogens (tertiary/aromatic N) is 1. The number of rotatable bonds is 8. The van der Waals surface area contributed by atoms with Gasteiger partial charge in [0.2, 0.25) is 0 Å². The van der Waals surface area contributed by atoms with Crippen LogP contribution in [0.1, 0.15) is 30.5 Å². The van der Waals surface area contributed by atoms with Gasteiger partial charge >= 0.3 is 0 Å². The molecule has 0 bridgehead atoms. The third-order valence-electron chi connectivity index (χ3n) is 3.63. The predicted molar refractivity (Wildman–Crippen MR) is 110 cm³/mol. The fourth-order valence-electron chi connectivity index (χ4n) is 2.29. The summed E-state index contributed by atoms with van der Waals surface area (Å²) < 4.78 is 11.7. The summed E-state index contributed by atoms with van der Waals surface area (Å²) >= 11 is 5.07. The third kappa shape index (κ3) is 6.04. The average molecular weight is 372 g/mol. The summed E-state index contributed by atoms with van der Waals surface area (Å²) in [6.45, 7) is 7.81. The molecule has 0 saturated heterocycles. The molecule has 2 aromatic rings. The molecule has 0 aliphatic heterocycles. The van der Waals surface area contributed by atoms with Crippen molar-refractivity contribution in [3.05, 3.63) is 59.2 Å². The Kier molecular flexibility index (Phi) is 7.89. The van der Waals surface area contributed by atoms with Crippen LogP contribution in [0.4, 0.5) is 0 Å². The number of hydrogen-bond acceptors (Lipinski definition) is 4. The van der Waals surface area contributed by atoms with Crippen LogP contribution in [0.25, 0.3) is 0 Å². The molecule has 0 aliphatic carbocycles. The number of nitrogens with one attached hydrogen (secondary N) is 2. The monoisotopic (exact) mass is 371 g/mol. The van der Waals surface area contributed by atoms with E-state index in [-0.39, 0.29) is 0 Å². The second-order valence-electron chi connectivity index (χ2n) is 5.58. The Hall–Kier alpha value is -2.60. The van der Waals surface area contributed by atoms with Crippen LogP contribution in [0.2, 0.25) is 0 Å². The molecule has 0 radical (unpaired) electrons. The third-order valence-corrected chi connectivity index (χ3v) is 3.86. The molecular weight excluding hydrogens is 346 g/mol. The maximum absolute atomic E-state index is 5.97. The van der Waals surface area contributed by atoms with Crippen molar-refractivity contribution >= 4 is 23.5 Å². The normalized spacial score (nSPS) is 10.6. The molecule has 0 spiro atoms. The standard InChI is InChI=1S/C20H25N3O2S/c1-4-21-20(26)23-22-13-16-10-11-18(19(12-16)24-5-2)25-14-17-9-7-6-8-15(17)3/h6-13H,4-5,14H2,1-3H3,(H2,21,23,26)/b22-13+. The first kappa shape index (κ1) is 19.7. The second-order valence-corrected chi connectivity index (χ2v) is 5.99. The van der Waals surface area contributed by atoms with E-state index in [1.165, 1.54) is 5.56 Å². The quantitative estimate of drug-likeness (QED) is 0.420. The Balaban J connectivity index is 2.06. The Morgan fingerprint density at radius 2 is 1.92 bits per heavy atom. The van der Waals surface area contributed by atoms with Gasteiger partial charge in [-0.1, -0.05) is 24.3 Å². The number of aryl methyl sites for hydroxylation is 1. The maximum Gasteiger partial charge on any atom is 0.186 e. The van der Waals surface area contributed by atoms with Crippen molar-refractivity contribution in [2.75, 3.05) is 13.2 Å². The summed E-state index contributed by atoms with van der Waals surface area (Å²) in [7, 11) is 0. The zero-order valence-corrected chi connectivity index (χ0v) is 16.2. The van der Waals surface area contributed by atoms with Crippen molar-refractivity contribution in [3.8, 4) is 11.5 Å². The van der Waals surface area contributed by atoms with Gasteiger partial charge in [0, 0.05) is 6.54 Å². The van der Waals surface area contributed by atoms with Gasteiger partial charge in [-0.2, -0.15) is 5.10 Å². The van der Waals surface area contributed by atoms with Crippen LogP contribution in [0.3, 0.4) is 0 Å². The molecule has 0 amide bonds. The van der Waals surface area contributed by atoms with Gasteiger partial charge in [-0.05, 0) is 67.9 Å². The first-order valence-corrected chi connectivity index (χ1v) is 9.06. The first-order valence-electron chi connectivity index (χ1n) is 8.65. The summed E-state index contributed by atoms with van der Waals surface area (Å²) in [6.07, 6.45) is 1.69. The lowest BCUT2D eigenvalue weighted by atomic mass is 10.1. The molecule has 6 heteroatoms. The van der Waals surface area contributed by atoms with Gasteiger partial charge in [0.25, 0.3) is 0 Å². The van der Waals surface area contributed by atoms with Crippen molar-refractivity contribution in [2.24, 2.45) is 5.10 Å². The van der Waals surface area contributed by atoms with Crippen molar-refractivity contribution in [3.63, 3.8) is 0 Å². The topological polar surface area (TPSA) is 54.9 Å². The summed E-state index contributed by atoms with van der Waals surface area (Å²) in [6, 6.07) is 13.9. The van der Waals surface area contributed by atoms with Crippen molar-refractivity contribution < 1.29 is 9.47 Å². The number of hydrazone groups is 1. The number of hydrogen-bond donors (Lipinski definition) is 2. The van der Waals surface area contributed by atoms with Gasteiger partial charge in [-0.15, -0.1) is 0 Å². The van der Waals surface area contributed by atoms with E-state index in [0.717, 1.165) is 17.7 Å². The molecule has 2 rings (SSSR count). The Bertz CT molecular complexity index is 762. The Labute approximate surface area is 160 Å². The van der Waals surface area contributed by atoms with Gasteiger partial charge in [0.05, 0.1) is 12.8 Å². The van der Waals surface area contributed by atoms with Crippen LogP contribution in [0.5, 0.6) is 11.5 Å². The van der Waals surface area contributed by atoms with E-state index in [1.807, 2.05) is 44.2 Å². The van der Waals surface area contributed by atoms with Gasteiger partial charge < -0.3 is 14.8 Å². The van der Waals surface area contributed by atoms with Crippen LogP contribution in [0.15, 0.2) is 47.6 Å². The predicted octanol–water partition coefficient (Wildman–Crippen LogP) is 3.79. The largest absolute Gasteiger partial charge is 0.490 e. The van der Waals surface area contributed by atoms with Crippen LogP contribution >= 0.6 is 12.2 Å². The minimum Gasteiger partial charge on any atom is -0.490 e. The highest BCUT2D eigenvalue weighted by molar-refractivity contribution is 7.80. The molecule has 26 heavy (non-hydrogen) atoms. The fourth-order valence-corrected chi connectivity index (χ4v) is 2.48. The minimum absolute atomic E-state index is 0.493. The van der Waals surface area contributed by atoms with E-state index in [2.05, 4.69) is 34.9 Å². The molecule has 5 nitrogen and oxygen atoms in total. The molecule has 0 atom stereocenters. The molecular formula is C20H25N3O2S. The summed E-state index contributed by atoms with van der Waals surface area (Å²) in [5, 5.41) is 7.58. The Morgan fingerprint density at radius 3 is 2.65 bits per heavy atom. The van der Waals surface area contributed by atoms with Crippen molar-refractivity contribution in [1.82, 2.24) is 10.7 Å². The smallest absolute Gasteiger partial charge is 0.186 e. The van der Waals surface area contributed by atoms with E-state index in [9.17, 15) is 0 Å². The van der Waals surface area contributed by atoms with E-state index in [0.29, 0.717) is 29.8 Å². The lowest BCUT2D eigenvalue weighted by Gasteiger charge is -2.13. The highest BCUT2D eigenvalue weighted by atomic mass is 32.1. The first-order chi connectivity index (χ1) is 12.6. The van der Waals surface area contributed by atoms with Gasteiger partial charge in [0.1, 0.15) is 6.61 Å². The maximum atomic E-state index is 5.97. The molecule has 2 aromatic carbocycles. The molecule has 0 unspecified atom stereocenters. The molecule has 0 aliphatic rings. The lowest BCUT2D eigenvalue weighted by Crippen LogP contribution is -2.31. The van der Waals surface area contributed by atoms with E-state index in [4.69, 9.17) is 21.7 Å². The molecule has 2 N–H and O–H groups in total. The molecule has 0 aromatic heterocycles. The van der Waals surface area contributed by atoms with Crippen LogP contribution < -0.4 is 20.2 Å². The van der Waals surface area contributed by atoms with Gasteiger partial charge in [-0.25, -0.2) is 0 Å². The van der Waals surface area contributed by atoms with Crippen molar-refractivity contribution in [1.29, 1.82) is 0 Å². The molecule has 0 heterocycles. The summed E-state index contributed by atoms with van der Waals surface area (Å²) in [4.78, 5) is 0. The highest BCUT2D eigenvalue weighted by Crippen LogP contribution is 2.29. The SMILES string of the molecule is CCNC(=S)N/N=C/c1ccc(OCc2ccccc2C)c(OCC)c1. The molecule has 138 valence electrons. The number of benzene rings is 2. The van der Waals surface area contributed by atoms with Crippen LogP contribution in [-0.4, -0.2) is 24.5 Å². The van der Waals surface area contributed by atoms with Gasteiger partial charge in [-0.3, -0.25) is 5.43 Å². The Morgan fingerprint density at radius 1 is 1.12 bits per heavy atom. The van der Waals surface area contributed by atoms with Crippen molar-refractivity contribution in [2.45, 2.75) is 27.4 Å². The van der Waals surface area contributed by atoms with E-state index < -0.39 is 0 Å². The summed E-state index contributed by atoms with van der Waals surface area (Å²) in [5.41, 5.74) is 6.02. The van der Waals surface area contributed by atoms with E-state index in [1.54, 1.807) is 6.21 Å². The zero-order chi connectivity index (χ0) is 18.8. The molecule has 0 fully saturated rings. The van der Waals surface area contributed by atoms with Crippen LogP contribution in [0, 0.1) is 6.92 Å². The molecule has 0 saturated carbocycles. The highest BCUT2D eigenvalue weighted by Gasteiger charge is 2.07. The second kappa shape index (κ2) is 10.4. The zero-order valence-electron chi connectivity index (χ0n) is 15.4. The minimum atomic E-state index is 0.493. The number of ether oxygens (including phenoxy) is 2. The summed E-state index contributed by atoms with van der Waals surface area (Å²) in [5.74, 6) is 1.41. The lowest BCUT2D eigenvalue weighted by molar-refractivity contribution is 0.269. The fraction of sp³-hybridized carbons (Fsp3) is 0.300. The average Bonchev–Trinajstić information content (AvgIpc) is 2.63. The van der Waals surface area contributed by atoms with E-state index >= 15 is 0 Å².